The zero-order valence-electron chi connectivity index (χ0n) is 5.39. The minimum absolute atomic E-state index is 0.135. The molecule has 1 N–H and O–H groups in total. The van der Waals surface area contributed by atoms with Crippen molar-refractivity contribution in [1.29, 1.82) is 0 Å². The van der Waals surface area contributed by atoms with Crippen LogP contribution in [0.15, 0.2) is 23.8 Å². The van der Waals surface area contributed by atoms with Gasteiger partial charge in [0.15, 0.2) is 0 Å². The third kappa shape index (κ3) is 3.62. The highest BCUT2D eigenvalue weighted by Gasteiger charge is 1.74. The fourth-order valence-corrected chi connectivity index (χ4v) is 0.475. The second kappa shape index (κ2) is 4.60. The molecule has 0 amide bonds. The van der Waals surface area contributed by atoms with Gasteiger partial charge >= 0.3 is 0 Å². The minimum Gasteiger partial charge on any atom is -0.392 e. The number of allylic oxidation sites excluding steroid dienone is 3. The Hall–Kier alpha value is -0.560. The van der Waals surface area contributed by atoms with E-state index in [1.807, 2.05) is 26.0 Å². The van der Waals surface area contributed by atoms with E-state index < -0.39 is 0 Å². The van der Waals surface area contributed by atoms with E-state index in [1.165, 1.54) is 0 Å². The van der Waals surface area contributed by atoms with Crippen molar-refractivity contribution in [3.8, 4) is 0 Å². The van der Waals surface area contributed by atoms with Crippen LogP contribution in [-0.4, -0.2) is 11.7 Å². The molecule has 0 heterocycles. The first-order valence-corrected chi connectivity index (χ1v) is 2.71. The quantitative estimate of drug-likeness (QED) is 0.537. The molecule has 0 unspecified atom stereocenters. The molecule has 0 bridgehead atoms. The zero-order chi connectivity index (χ0) is 6.41. The minimum atomic E-state index is 0.135. The van der Waals surface area contributed by atoms with Crippen LogP contribution in [0.25, 0.3) is 0 Å². The number of aliphatic hydroxyl groups excluding tert-OH is 1. The van der Waals surface area contributed by atoms with Crippen LogP contribution >= 0.6 is 0 Å². The lowest BCUT2D eigenvalue weighted by Crippen LogP contribution is -1.74. The van der Waals surface area contributed by atoms with Crippen LogP contribution in [0.2, 0.25) is 0 Å². The average Bonchev–Trinajstić information content (AvgIpc) is 1.68. The third-order valence-electron chi connectivity index (χ3n) is 0.843. The predicted octanol–water partition coefficient (Wildman–Crippen LogP) is 1.50. The second-order valence-corrected chi connectivity index (χ2v) is 1.63. The van der Waals surface area contributed by atoms with Gasteiger partial charge in [0.2, 0.25) is 0 Å². The van der Waals surface area contributed by atoms with Crippen molar-refractivity contribution in [2.24, 2.45) is 0 Å². The average molecular weight is 112 g/mol. The fourth-order valence-electron chi connectivity index (χ4n) is 0.475. The summed E-state index contributed by atoms with van der Waals surface area (Å²) in [4.78, 5) is 0. The predicted molar refractivity (Wildman–Crippen MR) is 35.7 cm³/mol. The van der Waals surface area contributed by atoms with Gasteiger partial charge in [0.25, 0.3) is 0 Å². The number of rotatable bonds is 2. The molecule has 0 aliphatic heterocycles. The highest BCUT2D eigenvalue weighted by atomic mass is 16.2. The van der Waals surface area contributed by atoms with Gasteiger partial charge in [0.1, 0.15) is 0 Å². The van der Waals surface area contributed by atoms with Crippen molar-refractivity contribution >= 4 is 0 Å². The van der Waals surface area contributed by atoms with Crippen molar-refractivity contribution < 1.29 is 5.11 Å². The van der Waals surface area contributed by atoms with Crippen LogP contribution in [0.5, 0.6) is 0 Å². The number of hydrogen-bond donors (Lipinski definition) is 1. The molecule has 0 atom stereocenters. The molecule has 0 saturated heterocycles. The summed E-state index contributed by atoms with van der Waals surface area (Å²) in [5, 5.41) is 8.35. The first-order valence-electron chi connectivity index (χ1n) is 2.71. The van der Waals surface area contributed by atoms with Crippen molar-refractivity contribution in [3.05, 3.63) is 23.8 Å². The summed E-state index contributed by atoms with van der Waals surface area (Å²) >= 11 is 0. The Bertz CT molecular complexity index is 101. The molecule has 0 aromatic rings. The van der Waals surface area contributed by atoms with E-state index in [0.717, 1.165) is 5.57 Å². The van der Waals surface area contributed by atoms with Gasteiger partial charge < -0.3 is 5.11 Å². The van der Waals surface area contributed by atoms with Crippen molar-refractivity contribution in [2.75, 3.05) is 6.61 Å². The molecular formula is C7H12O. The molecule has 0 rings (SSSR count). The second-order valence-electron chi connectivity index (χ2n) is 1.63. The maximum absolute atomic E-state index is 8.35. The van der Waals surface area contributed by atoms with Gasteiger partial charge in [0, 0.05) is 0 Å². The summed E-state index contributed by atoms with van der Waals surface area (Å²) in [6.45, 7) is 4.04. The first-order chi connectivity index (χ1) is 3.81. The van der Waals surface area contributed by atoms with Crippen LogP contribution in [0.1, 0.15) is 13.8 Å². The molecule has 0 saturated carbocycles. The summed E-state index contributed by atoms with van der Waals surface area (Å²) in [5.74, 6) is 0. The monoisotopic (exact) mass is 112 g/mol. The summed E-state index contributed by atoms with van der Waals surface area (Å²) in [6, 6.07) is 0. The maximum atomic E-state index is 8.35. The molecule has 46 valence electrons. The lowest BCUT2D eigenvalue weighted by Gasteiger charge is -1.85. The van der Waals surface area contributed by atoms with E-state index in [0.29, 0.717) is 0 Å². The van der Waals surface area contributed by atoms with Crippen LogP contribution in [0, 0.1) is 0 Å². The highest BCUT2D eigenvalue weighted by molar-refractivity contribution is 5.14. The Morgan fingerprint density at radius 3 is 2.62 bits per heavy atom. The molecule has 1 heteroatoms. The van der Waals surface area contributed by atoms with Gasteiger partial charge in [-0.25, -0.2) is 0 Å². The molecule has 0 radical (unpaired) electrons. The Kier molecular flexibility index (Phi) is 4.27. The lowest BCUT2D eigenvalue weighted by atomic mass is 10.3. The molecular weight excluding hydrogens is 100 g/mol. The molecule has 0 spiro atoms. The molecule has 0 aromatic carbocycles. The fraction of sp³-hybridized carbons (Fsp3) is 0.429. The van der Waals surface area contributed by atoms with Gasteiger partial charge in [-0.05, 0) is 13.8 Å². The lowest BCUT2D eigenvalue weighted by molar-refractivity contribution is 0.342. The Labute approximate surface area is 50.3 Å². The summed E-state index contributed by atoms with van der Waals surface area (Å²) in [5.41, 5.74) is 1.11. The summed E-state index contributed by atoms with van der Waals surface area (Å²) in [6.07, 6.45) is 5.66. The number of hydrogen-bond acceptors (Lipinski definition) is 1. The molecule has 0 fully saturated rings. The van der Waals surface area contributed by atoms with E-state index in [2.05, 4.69) is 0 Å². The Morgan fingerprint density at radius 2 is 2.25 bits per heavy atom. The van der Waals surface area contributed by atoms with Crippen LogP contribution in [-0.2, 0) is 0 Å². The zero-order valence-corrected chi connectivity index (χ0v) is 5.39. The normalized spacial score (nSPS) is 13.1. The Balaban J connectivity index is 3.61. The van der Waals surface area contributed by atoms with E-state index in [1.54, 1.807) is 6.08 Å². The largest absolute Gasteiger partial charge is 0.392 e. The third-order valence-corrected chi connectivity index (χ3v) is 0.843. The van der Waals surface area contributed by atoms with Crippen molar-refractivity contribution in [1.82, 2.24) is 0 Å². The smallest absolute Gasteiger partial charge is 0.0617 e. The van der Waals surface area contributed by atoms with Crippen molar-refractivity contribution in [3.63, 3.8) is 0 Å². The topological polar surface area (TPSA) is 20.2 Å². The van der Waals surface area contributed by atoms with Gasteiger partial charge in [-0.3, -0.25) is 0 Å². The first kappa shape index (κ1) is 7.44. The molecule has 0 aromatic heterocycles. The van der Waals surface area contributed by atoms with Crippen LogP contribution in [0.4, 0.5) is 0 Å². The highest BCUT2D eigenvalue weighted by Crippen LogP contribution is 1.91. The molecule has 0 aliphatic carbocycles. The van der Waals surface area contributed by atoms with Gasteiger partial charge in [-0.1, -0.05) is 23.8 Å². The van der Waals surface area contributed by atoms with Gasteiger partial charge in [-0.2, -0.15) is 0 Å². The van der Waals surface area contributed by atoms with Crippen LogP contribution < -0.4 is 0 Å². The SMILES string of the molecule is CC=CC(C)=CCO. The van der Waals surface area contributed by atoms with E-state index in [-0.39, 0.29) is 6.61 Å². The standard InChI is InChI=1S/C7H12O/c1-3-4-7(2)5-6-8/h3-5,8H,6H2,1-2H3. The number of aliphatic hydroxyl groups is 1. The van der Waals surface area contributed by atoms with Gasteiger partial charge in [0.05, 0.1) is 6.61 Å². The van der Waals surface area contributed by atoms with Crippen molar-refractivity contribution in [2.45, 2.75) is 13.8 Å². The van der Waals surface area contributed by atoms with E-state index in [9.17, 15) is 0 Å². The Morgan fingerprint density at radius 1 is 1.62 bits per heavy atom. The molecule has 1 nitrogen and oxygen atoms in total. The van der Waals surface area contributed by atoms with Crippen LogP contribution in [0.3, 0.4) is 0 Å². The van der Waals surface area contributed by atoms with Gasteiger partial charge in [-0.15, -0.1) is 0 Å². The molecule has 0 aliphatic rings. The van der Waals surface area contributed by atoms with E-state index in [4.69, 9.17) is 5.11 Å². The summed E-state index contributed by atoms with van der Waals surface area (Å²) < 4.78 is 0. The molecule has 8 heavy (non-hydrogen) atoms. The summed E-state index contributed by atoms with van der Waals surface area (Å²) in [7, 11) is 0. The maximum Gasteiger partial charge on any atom is 0.0617 e. The van der Waals surface area contributed by atoms with E-state index >= 15 is 0 Å².